The zero-order chi connectivity index (χ0) is 14.8. The molecule has 1 heterocycles. The van der Waals surface area contributed by atoms with Crippen molar-refractivity contribution in [3.05, 3.63) is 12.4 Å². The number of anilines is 1. The zero-order valence-electron chi connectivity index (χ0n) is 12.5. The summed E-state index contributed by atoms with van der Waals surface area (Å²) in [5, 5.41) is 6.01. The molecule has 6 heteroatoms. The monoisotopic (exact) mass is 280 g/mol. The van der Waals surface area contributed by atoms with Crippen LogP contribution in [0.15, 0.2) is 12.4 Å². The molecule has 1 amide bonds. The summed E-state index contributed by atoms with van der Waals surface area (Å²) < 4.78 is 5.42. The van der Waals surface area contributed by atoms with E-state index in [-0.39, 0.29) is 11.9 Å². The average molecular weight is 280 g/mol. The molecule has 0 aliphatic heterocycles. The molecule has 0 saturated heterocycles. The Labute approximate surface area is 120 Å². The van der Waals surface area contributed by atoms with E-state index in [0.29, 0.717) is 31.3 Å². The van der Waals surface area contributed by atoms with E-state index in [1.54, 1.807) is 6.07 Å². The van der Waals surface area contributed by atoms with Crippen molar-refractivity contribution in [3.63, 3.8) is 0 Å². The van der Waals surface area contributed by atoms with E-state index in [1.165, 1.54) is 6.33 Å². The number of rotatable bonds is 9. The molecule has 0 fully saturated rings. The smallest absolute Gasteiger partial charge is 0.221 e. The molecule has 0 spiro atoms. The van der Waals surface area contributed by atoms with Crippen LogP contribution in [-0.2, 0) is 4.79 Å². The van der Waals surface area contributed by atoms with Crippen LogP contribution < -0.4 is 15.4 Å². The summed E-state index contributed by atoms with van der Waals surface area (Å²) in [4.78, 5) is 19.7. The van der Waals surface area contributed by atoms with Gasteiger partial charge in [0, 0.05) is 25.1 Å². The van der Waals surface area contributed by atoms with Gasteiger partial charge in [0.1, 0.15) is 12.1 Å². The van der Waals surface area contributed by atoms with Crippen LogP contribution in [0, 0.1) is 0 Å². The van der Waals surface area contributed by atoms with E-state index in [4.69, 9.17) is 4.74 Å². The average Bonchev–Trinajstić information content (AvgIpc) is 2.45. The summed E-state index contributed by atoms with van der Waals surface area (Å²) >= 11 is 0. The minimum Gasteiger partial charge on any atom is -0.478 e. The lowest BCUT2D eigenvalue weighted by Gasteiger charge is -2.11. The fourth-order valence-corrected chi connectivity index (χ4v) is 1.47. The van der Waals surface area contributed by atoms with Crippen molar-refractivity contribution in [2.24, 2.45) is 0 Å². The zero-order valence-corrected chi connectivity index (χ0v) is 12.5. The summed E-state index contributed by atoms with van der Waals surface area (Å²) in [5.41, 5.74) is 0. The fourth-order valence-electron chi connectivity index (χ4n) is 1.47. The molecular weight excluding hydrogens is 256 g/mol. The minimum atomic E-state index is 0.0448. The fraction of sp³-hybridized carbons (Fsp3) is 0.643. The third kappa shape index (κ3) is 6.36. The summed E-state index contributed by atoms with van der Waals surface area (Å²) in [5.74, 6) is 1.26. The Bertz CT molecular complexity index is 412. The van der Waals surface area contributed by atoms with Crippen molar-refractivity contribution < 1.29 is 9.53 Å². The summed E-state index contributed by atoms with van der Waals surface area (Å²) in [7, 11) is 0. The topological polar surface area (TPSA) is 76.1 Å². The standard InChI is InChI=1S/C14H24N4O2/c1-4-8-20-14-9-12(16-10-17-14)15-7-6-13(19)18-11(3)5-2/h9-11H,4-8H2,1-3H3,(H,18,19)(H,15,16,17). The van der Waals surface area contributed by atoms with Crippen molar-refractivity contribution in [1.82, 2.24) is 15.3 Å². The van der Waals surface area contributed by atoms with Gasteiger partial charge in [-0.1, -0.05) is 13.8 Å². The molecule has 0 bridgehead atoms. The SMILES string of the molecule is CCCOc1cc(NCCC(=O)NC(C)CC)ncn1. The van der Waals surface area contributed by atoms with Crippen molar-refractivity contribution in [1.29, 1.82) is 0 Å². The van der Waals surface area contributed by atoms with Crippen LogP contribution in [-0.4, -0.2) is 35.1 Å². The maximum Gasteiger partial charge on any atom is 0.221 e. The molecule has 0 aromatic carbocycles. The van der Waals surface area contributed by atoms with Crippen LogP contribution in [0.25, 0.3) is 0 Å². The van der Waals surface area contributed by atoms with Crippen molar-refractivity contribution in [3.8, 4) is 5.88 Å². The van der Waals surface area contributed by atoms with Gasteiger partial charge in [0.25, 0.3) is 0 Å². The number of hydrogen-bond acceptors (Lipinski definition) is 5. The second-order valence-corrected chi connectivity index (χ2v) is 4.64. The van der Waals surface area contributed by atoms with Gasteiger partial charge in [-0.05, 0) is 19.8 Å². The minimum absolute atomic E-state index is 0.0448. The van der Waals surface area contributed by atoms with Crippen LogP contribution in [0.3, 0.4) is 0 Å². The second-order valence-electron chi connectivity index (χ2n) is 4.64. The molecule has 2 N–H and O–H groups in total. The third-order valence-corrected chi connectivity index (χ3v) is 2.77. The Hall–Kier alpha value is -1.85. The number of carbonyl (C=O) groups is 1. The van der Waals surface area contributed by atoms with E-state index >= 15 is 0 Å². The van der Waals surface area contributed by atoms with E-state index in [2.05, 4.69) is 20.6 Å². The largest absolute Gasteiger partial charge is 0.478 e. The Morgan fingerprint density at radius 1 is 1.40 bits per heavy atom. The van der Waals surface area contributed by atoms with Gasteiger partial charge >= 0.3 is 0 Å². The maximum atomic E-state index is 11.6. The highest BCUT2D eigenvalue weighted by atomic mass is 16.5. The molecule has 1 unspecified atom stereocenters. The maximum absolute atomic E-state index is 11.6. The van der Waals surface area contributed by atoms with Gasteiger partial charge in [0.15, 0.2) is 0 Å². The number of aromatic nitrogens is 2. The third-order valence-electron chi connectivity index (χ3n) is 2.77. The molecule has 0 aliphatic rings. The highest BCUT2D eigenvalue weighted by Crippen LogP contribution is 2.10. The van der Waals surface area contributed by atoms with Crippen LogP contribution in [0.1, 0.15) is 40.0 Å². The van der Waals surface area contributed by atoms with Gasteiger partial charge in [-0.15, -0.1) is 0 Å². The number of nitrogens with zero attached hydrogens (tertiary/aromatic N) is 2. The van der Waals surface area contributed by atoms with E-state index in [9.17, 15) is 4.79 Å². The molecular formula is C14H24N4O2. The highest BCUT2D eigenvalue weighted by molar-refractivity contribution is 5.76. The van der Waals surface area contributed by atoms with Crippen molar-refractivity contribution in [2.75, 3.05) is 18.5 Å². The lowest BCUT2D eigenvalue weighted by Crippen LogP contribution is -2.33. The van der Waals surface area contributed by atoms with Gasteiger partial charge in [-0.3, -0.25) is 4.79 Å². The van der Waals surface area contributed by atoms with E-state index < -0.39 is 0 Å². The highest BCUT2D eigenvalue weighted by Gasteiger charge is 2.05. The van der Waals surface area contributed by atoms with Crippen LogP contribution >= 0.6 is 0 Å². The van der Waals surface area contributed by atoms with Gasteiger partial charge in [-0.2, -0.15) is 0 Å². The van der Waals surface area contributed by atoms with Gasteiger partial charge < -0.3 is 15.4 Å². The normalized spacial score (nSPS) is 11.8. The van der Waals surface area contributed by atoms with Gasteiger partial charge in [-0.25, -0.2) is 9.97 Å². The van der Waals surface area contributed by atoms with Crippen LogP contribution in [0.5, 0.6) is 5.88 Å². The van der Waals surface area contributed by atoms with Crippen molar-refractivity contribution in [2.45, 2.75) is 46.1 Å². The molecule has 20 heavy (non-hydrogen) atoms. The number of amides is 1. The Morgan fingerprint density at radius 3 is 2.90 bits per heavy atom. The molecule has 0 aliphatic carbocycles. The van der Waals surface area contributed by atoms with Gasteiger partial charge in [0.2, 0.25) is 11.8 Å². The molecule has 1 atom stereocenters. The molecule has 6 nitrogen and oxygen atoms in total. The summed E-state index contributed by atoms with van der Waals surface area (Å²) in [6.07, 6.45) is 3.73. The number of ether oxygens (including phenoxy) is 1. The molecule has 112 valence electrons. The Balaban J connectivity index is 2.32. The van der Waals surface area contributed by atoms with Crippen LogP contribution in [0.4, 0.5) is 5.82 Å². The van der Waals surface area contributed by atoms with Crippen LogP contribution in [0.2, 0.25) is 0 Å². The quantitative estimate of drug-likeness (QED) is 0.723. The van der Waals surface area contributed by atoms with E-state index in [0.717, 1.165) is 12.8 Å². The number of nitrogens with one attached hydrogen (secondary N) is 2. The second kappa shape index (κ2) is 9.12. The molecule has 1 rings (SSSR count). The first kappa shape index (κ1) is 16.2. The number of carbonyl (C=O) groups excluding carboxylic acids is 1. The number of hydrogen-bond donors (Lipinski definition) is 2. The first-order valence-corrected chi connectivity index (χ1v) is 7.13. The van der Waals surface area contributed by atoms with Gasteiger partial charge in [0.05, 0.1) is 6.61 Å². The first-order valence-electron chi connectivity index (χ1n) is 7.13. The Morgan fingerprint density at radius 2 is 2.20 bits per heavy atom. The first-order chi connectivity index (χ1) is 9.65. The van der Waals surface area contributed by atoms with Crippen molar-refractivity contribution >= 4 is 11.7 Å². The molecule has 1 aromatic rings. The molecule has 0 radical (unpaired) electrons. The van der Waals surface area contributed by atoms with E-state index in [1.807, 2.05) is 20.8 Å². The summed E-state index contributed by atoms with van der Waals surface area (Å²) in [6, 6.07) is 1.96. The predicted octanol–water partition coefficient (Wildman–Crippen LogP) is 1.98. The predicted molar refractivity (Wildman–Crippen MR) is 78.8 cm³/mol. The lowest BCUT2D eigenvalue weighted by molar-refractivity contribution is -0.121. The Kier molecular flexibility index (Phi) is 7.39. The molecule has 0 saturated carbocycles. The lowest BCUT2D eigenvalue weighted by atomic mass is 10.2. The summed E-state index contributed by atoms with van der Waals surface area (Å²) in [6.45, 7) is 7.24. The molecule has 1 aromatic heterocycles.